The largest absolute Gasteiger partial charge is 0.497 e. The highest BCUT2D eigenvalue weighted by Crippen LogP contribution is 2.38. The Morgan fingerprint density at radius 2 is 1.93 bits per heavy atom. The Labute approximate surface area is 165 Å². The summed E-state index contributed by atoms with van der Waals surface area (Å²) in [5.74, 6) is 0.250. The molecule has 0 fully saturated rings. The highest BCUT2D eigenvalue weighted by atomic mass is 35.5. The monoisotopic (exact) mass is 399 g/mol. The molecule has 2 heterocycles. The lowest BCUT2D eigenvalue weighted by atomic mass is 9.98. The number of aryl methyl sites for hydroxylation is 1. The number of benzene rings is 2. The molecule has 1 N–H and O–H groups in total. The standard InChI is InChI=1S/C21H18ClNO5/c1-11-9-16-14(10-15(11)22)19(25)17-18(12-3-5-13(27-2)6-4-12)23(7-8-24)21(26)20(17)28-16/h3-6,9-10,18,24H,7-8H2,1-2H3. The van der Waals surface area contributed by atoms with Crippen molar-refractivity contribution < 1.29 is 19.1 Å². The fraction of sp³-hybridized carbons (Fsp3) is 0.238. The van der Waals surface area contributed by atoms with Crippen LogP contribution in [0.15, 0.2) is 45.6 Å². The van der Waals surface area contributed by atoms with Gasteiger partial charge in [0.2, 0.25) is 5.76 Å². The zero-order chi connectivity index (χ0) is 20.0. The van der Waals surface area contributed by atoms with Crippen LogP contribution in [-0.4, -0.2) is 36.2 Å². The van der Waals surface area contributed by atoms with Gasteiger partial charge in [-0.2, -0.15) is 0 Å². The number of halogens is 1. The predicted molar refractivity (Wildman–Crippen MR) is 105 cm³/mol. The molecule has 1 aromatic heterocycles. The summed E-state index contributed by atoms with van der Waals surface area (Å²) in [6.45, 7) is 1.65. The number of carbonyl (C=O) groups is 1. The van der Waals surface area contributed by atoms with Gasteiger partial charge >= 0.3 is 0 Å². The Kier molecular flexibility index (Phi) is 4.61. The van der Waals surface area contributed by atoms with Gasteiger partial charge in [-0.15, -0.1) is 0 Å². The molecule has 1 atom stereocenters. The smallest absolute Gasteiger partial charge is 0.290 e. The van der Waals surface area contributed by atoms with Crippen LogP contribution in [0.25, 0.3) is 11.0 Å². The molecular weight excluding hydrogens is 382 g/mol. The minimum Gasteiger partial charge on any atom is -0.497 e. The fourth-order valence-corrected chi connectivity index (χ4v) is 3.78. The van der Waals surface area contributed by atoms with Crippen molar-refractivity contribution >= 4 is 28.5 Å². The van der Waals surface area contributed by atoms with E-state index in [9.17, 15) is 14.7 Å². The zero-order valence-corrected chi connectivity index (χ0v) is 16.1. The number of hydrogen-bond donors (Lipinski definition) is 1. The van der Waals surface area contributed by atoms with Crippen LogP contribution in [0.1, 0.15) is 33.3 Å². The van der Waals surface area contributed by atoms with Crippen LogP contribution in [-0.2, 0) is 0 Å². The Morgan fingerprint density at radius 3 is 2.57 bits per heavy atom. The minimum atomic E-state index is -0.652. The summed E-state index contributed by atoms with van der Waals surface area (Å²) in [5, 5.41) is 10.2. The maximum Gasteiger partial charge on any atom is 0.290 e. The predicted octanol–water partition coefficient (Wildman–Crippen LogP) is 3.30. The molecule has 0 radical (unpaired) electrons. The van der Waals surface area contributed by atoms with E-state index in [-0.39, 0.29) is 29.9 Å². The van der Waals surface area contributed by atoms with E-state index >= 15 is 0 Å². The quantitative estimate of drug-likeness (QED) is 0.728. The summed E-state index contributed by atoms with van der Waals surface area (Å²) in [6, 6.07) is 9.69. The van der Waals surface area contributed by atoms with Crippen LogP contribution in [0, 0.1) is 6.92 Å². The van der Waals surface area contributed by atoms with E-state index in [0.29, 0.717) is 21.7 Å². The van der Waals surface area contributed by atoms with Gasteiger partial charge < -0.3 is 19.2 Å². The maximum atomic E-state index is 13.3. The van der Waals surface area contributed by atoms with Crippen LogP contribution in [0.3, 0.4) is 0 Å². The molecule has 0 saturated heterocycles. The van der Waals surface area contributed by atoms with E-state index in [1.807, 2.05) is 0 Å². The number of fused-ring (bicyclic) bond motifs is 2. The molecule has 7 heteroatoms. The number of ether oxygens (including phenoxy) is 1. The summed E-state index contributed by atoms with van der Waals surface area (Å²) >= 11 is 6.20. The third-order valence-electron chi connectivity index (χ3n) is 5.02. The fourth-order valence-electron chi connectivity index (χ4n) is 3.61. The summed E-state index contributed by atoms with van der Waals surface area (Å²) < 4.78 is 11.0. The molecule has 4 rings (SSSR count). The van der Waals surface area contributed by atoms with E-state index in [2.05, 4.69) is 0 Å². The molecule has 1 aliphatic rings. The van der Waals surface area contributed by atoms with E-state index < -0.39 is 11.9 Å². The summed E-state index contributed by atoms with van der Waals surface area (Å²) in [6.07, 6.45) is 0. The number of β-amino-alcohol motifs (C(OH)–C–C–N with tert-alkyl or cyclic N) is 1. The van der Waals surface area contributed by atoms with Gasteiger partial charge in [0.1, 0.15) is 11.3 Å². The van der Waals surface area contributed by atoms with Crippen LogP contribution in [0.4, 0.5) is 0 Å². The van der Waals surface area contributed by atoms with Gasteiger partial charge in [-0.25, -0.2) is 0 Å². The number of methoxy groups -OCH3 is 1. The number of aliphatic hydroxyl groups is 1. The number of hydrogen-bond acceptors (Lipinski definition) is 5. The van der Waals surface area contributed by atoms with E-state index in [4.69, 9.17) is 20.8 Å². The first-order chi connectivity index (χ1) is 13.5. The van der Waals surface area contributed by atoms with Gasteiger partial charge in [0.15, 0.2) is 5.43 Å². The first-order valence-corrected chi connectivity index (χ1v) is 9.16. The van der Waals surface area contributed by atoms with Gasteiger partial charge in [0.25, 0.3) is 5.91 Å². The lowest BCUT2D eigenvalue weighted by Gasteiger charge is -2.24. The molecule has 0 bridgehead atoms. The first-order valence-electron chi connectivity index (χ1n) is 8.79. The van der Waals surface area contributed by atoms with Crippen LogP contribution < -0.4 is 10.2 Å². The van der Waals surface area contributed by atoms with Gasteiger partial charge in [-0.05, 0) is 42.3 Å². The van der Waals surface area contributed by atoms with Crippen molar-refractivity contribution in [2.45, 2.75) is 13.0 Å². The molecule has 0 saturated carbocycles. The molecular formula is C21H18ClNO5. The molecule has 1 amide bonds. The Morgan fingerprint density at radius 1 is 1.21 bits per heavy atom. The SMILES string of the molecule is COc1ccc(C2c3c(oc4cc(C)c(Cl)cc4c3=O)C(=O)N2CCO)cc1. The topological polar surface area (TPSA) is 80.0 Å². The highest BCUT2D eigenvalue weighted by Gasteiger charge is 2.42. The second-order valence-electron chi connectivity index (χ2n) is 6.67. The van der Waals surface area contributed by atoms with Crippen LogP contribution in [0.5, 0.6) is 5.75 Å². The van der Waals surface area contributed by atoms with E-state index in [1.165, 1.54) is 4.90 Å². The van der Waals surface area contributed by atoms with Crippen molar-refractivity contribution in [1.29, 1.82) is 0 Å². The lowest BCUT2D eigenvalue weighted by molar-refractivity contribution is 0.0691. The van der Waals surface area contributed by atoms with Crippen molar-refractivity contribution in [3.05, 3.63) is 74.1 Å². The van der Waals surface area contributed by atoms with Crippen molar-refractivity contribution in [3.8, 4) is 5.75 Å². The lowest BCUT2D eigenvalue weighted by Crippen LogP contribution is -2.32. The van der Waals surface area contributed by atoms with E-state index in [0.717, 1.165) is 11.1 Å². The Bertz CT molecular complexity index is 1140. The number of nitrogens with zero attached hydrogens (tertiary/aromatic N) is 1. The number of aliphatic hydroxyl groups excluding tert-OH is 1. The third-order valence-corrected chi connectivity index (χ3v) is 5.43. The zero-order valence-electron chi connectivity index (χ0n) is 15.4. The second kappa shape index (κ2) is 6.96. The first kappa shape index (κ1) is 18.5. The number of amides is 1. The van der Waals surface area contributed by atoms with Crippen molar-refractivity contribution in [2.75, 3.05) is 20.3 Å². The molecule has 1 unspecified atom stereocenters. The minimum absolute atomic E-state index is 0.00786. The highest BCUT2D eigenvalue weighted by molar-refractivity contribution is 6.32. The average molecular weight is 400 g/mol. The van der Waals surface area contributed by atoms with E-state index in [1.54, 1.807) is 50.4 Å². The van der Waals surface area contributed by atoms with Crippen molar-refractivity contribution in [2.24, 2.45) is 0 Å². The summed E-state index contributed by atoms with van der Waals surface area (Å²) in [4.78, 5) is 27.7. The number of rotatable bonds is 4. The summed E-state index contributed by atoms with van der Waals surface area (Å²) in [7, 11) is 1.56. The van der Waals surface area contributed by atoms with Crippen molar-refractivity contribution in [3.63, 3.8) is 0 Å². The Balaban J connectivity index is 1.98. The average Bonchev–Trinajstić information content (AvgIpc) is 2.96. The summed E-state index contributed by atoms with van der Waals surface area (Å²) in [5.41, 5.74) is 1.76. The van der Waals surface area contributed by atoms with Gasteiger partial charge in [-0.3, -0.25) is 9.59 Å². The molecule has 0 aliphatic carbocycles. The molecule has 28 heavy (non-hydrogen) atoms. The Hall–Kier alpha value is -2.83. The molecule has 0 spiro atoms. The van der Waals surface area contributed by atoms with Gasteiger partial charge in [0, 0.05) is 11.6 Å². The molecule has 3 aromatic rings. The van der Waals surface area contributed by atoms with Crippen LogP contribution in [0.2, 0.25) is 5.02 Å². The van der Waals surface area contributed by atoms with Crippen LogP contribution >= 0.6 is 11.6 Å². The number of carbonyl (C=O) groups excluding carboxylic acids is 1. The van der Waals surface area contributed by atoms with Gasteiger partial charge in [-0.1, -0.05) is 23.7 Å². The molecule has 144 valence electrons. The van der Waals surface area contributed by atoms with Crippen molar-refractivity contribution in [1.82, 2.24) is 4.90 Å². The molecule has 1 aliphatic heterocycles. The second-order valence-corrected chi connectivity index (χ2v) is 7.08. The normalized spacial score (nSPS) is 15.9. The maximum absolute atomic E-state index is 13.3. The van der Waals surface area contributed by atoms with Gasteiger partial charge in [0.05, 0.1) is 30.7 Å². The third kappa shape index (κ3) is 2.77. The molecule has 2 aromatic carbocycles. The molecule has 6 nitrogen and oxygen atoms in total.